The Morgan fingerprint density at radius 3 is 2.47 bits per heavy atom. The topological polar surface area (TPSA) is 104 Å². The number of aliphatic carboxylic acids is 1. The van der Waals surface area contributed by atoms with Gasteiger partial charge in [-0.2, -0.15) is 0 Å². The number of rotatable bonds is 3. The molecule has 0 saturated heterocycles. The van der Waals surface area contributed by atoms with E-state index in [1.54, 1.807) is 0 Å². The van der Waals surface area contributed by atoms with Gasteiger partial charge in [-0.05, 0) is 12.1 Å². The standard InChI is InChI=1S/C9H10FNO4/c10-4-1-2-5(6(11)3-4)7(12)8(13)9(14)15/h1-3,7-8,12-13H,11H2,(H,14,15). The number of benzene rings is 1. The highest BCUT2D eigenvalue weighted by molar-refractivity contribution is 5.73. The molecule has 2 atom stereocenters. The third-order valence-corrected chi connectivity index (χ3v) is 1.92. The summed E-state index contributed by atoms with van der Waals surface area (Å²) in [6.07, 6.45) is -3.67. The van der Waals surface area contributed by atoms with Crippen molar-refractivity contribution in [3.05, 3.63) is 29.6 Å². The lowest BCUT2D eigenvalue weighted by atomic mass is 10.0. The van der Waals surface area contributed by atoms with Gasteiger partial charge in [0.15, 0.2) is 6.10 Å². The molecule has 6 heteroatoms. The smallest absolute Gasteiger partial charge is 0.335 e. The third-order valence-electron chi connectivity index (χ3n) is 1.92. The van der Waals surface area contributed by atoms with Gasteiger partial charge in [-0.25, -0.2) is 9.18 Å². The van der Waals surface area contributed by atoms with E-state index in [1.807, 2.05) is 0 Å². The maximum absolute atomic E-state index is 12.6. The molecule has 0 radical (unpaired) electrons. The summed E-state index contributed by atoms with van der Waals surface area (Å²) in [5.74, 6) is -2.18. The van der Waals surface area contributed by atoms with E-state index in [4.69, 9.17) is 15.9 Å². The highest BCUT2D eigenvalue weighted by Crippen LogP contribution is 2.23. The van der Waals surface area contributed by atoms with Gasteiger partial charge in [-0.15, -0.1) is 0 Å². The third kappa shape index (κ3) is 2.42. The summed E-state index contributed by atoms with van der Waals surface area (Å²) in [6.45, 7) is 0. The van der Waals surface area contributed by atoms with Crippen LogP contribution in [0.5, 0.6) is 0 Å². The molecular formula is C9H10FNO4. The number of anilines is 1. The van der Waals surface area contributed by atoms with Gasteiger partial charge < -0.3 is 21.1 Å². The van der Waals surface area contributed by atoms with Gasteiger partial charge in [0.2, 0.25) is 0 Å². The number of carboxylic acid groups (broad SMARTS) is 1. The van der Waals surface area contributed by atoms with E-state index in [1.165, 1.54) is 0 Å². The Bertz CT molecular complexity index is 382. The van der Waals surface area contributed by atoms with Crippen molar-refractivity contribution >= 4 is 11.7 Å². The van der Waals surface area contributed by atoms with E-state index in [-0.39, 0.29) is 11.3 Å². The fourth-order valence-corrected chi connectivity index (χ4v) is 1.12. The van der Waals surface area contributed by atoms with Crippen LogP contribution in [0.2, 0.25) is 0 Å². The zero-order valence-corrected chi connectivity index (χ0v) is 7.59. The van der Waals surface area contributed by atoms with Crippen molar-refractivity contribution in [3.63, 3.8) is 0 Å². The summed E-state index contributed by atoms with van der Waals surface area (Å²) in [4.78, 5) is 10.4. The zero-order valence-electron chi connectivity index (χ0n) is 7.59. The van der Waals surface area contributed by atoms with Crippen molar-refractivity contribution in [2.24, 2.45) is 0 Å². The molecule has 0 bridgehead atoms. The number of carboxylic acids is 1. The SMILES string of the molecule is Nc1cc(F)ccc1C(O)C(O)C(=O)O. The lowest BCUT2D eigenvalue weighted by Crippen LogP contribution is -2.28. The number of hydrogen-bond donors (Lipinski definition) is 4. The fraction of sp³-hybridized carbons (Fsp3) is 0.222. The van der Waals surface area contributed by atoms with Crippen LogP contribution >= 0.6 is 0 Å². The lowest BCUT2D eigenvalue weighted by Gasteiger charge is -2.16. The first-order valence-electron chi connectivity index (χ1n) is 4.07. The van der Waals surface area contributed by atoms with E-state index in [0.717, 1.165) is 18.2 Å². The number of carbonyl (C=O) groups is 1. The van der Waals surface area contributed by atoms with Crippen LogP contribution in [0.3, 0.4) is 0 Å². The number of hydrogen-bond acceptors (Lipinski definition) is 4. The van der Waals surface area contributed by atoms with E-state index in [0.29, 0.717) is 0 Å². The van der Waals surface area contributed by atoms with Crippen LogP contribution in [0, 0.1) is 5.82 Å². The maximum Gasteiger partial charge on any atom is 0.335 e. The van der Waals surface area contributed by atoms with E-state index in [2.05, 4.69) is 0 Å². The Kier molecular flexibility index (Phi) is 3.23. The molecule has 0 aromatic heterocycles. The molecule has 0 aliphatic carbocycles. The molecule has 0 aliphatic heterocycles. The van der Waals surface area contributed by atoms with Crippen LogP contribution < -0.4 is 5.73 Å². The second kappa shape index (κ2) is 4.24. The van der Waals surface area contributed by atoms with E-state index < -0.39 is 24.0 Å². The largest absolute Gasteiger partial charge is 0.479 e. The summed E-state index contributed by atoms with van der Waals surface area (Å²) >= 11 is 0. The predicted octanol–water partition coefficient (Wildman–Crippen LogP) is -0.113. The lowest BCUT2D eigenvalue weighted by molar-refractivity contribution is -0.153. The monoisotopic (exact) mass is 215 g/mol. The molecule has 0 saturated carbocycles. The molecule has 2 unspecified atom stereocenters. The molecule has 1 aromatic rings. The van der Waals surface area contributed by atoms with Crippen LogP contribution in [0.25, 0.3) is 0 Å². The molecular weight excluding hydrogens is 205 g/mol. The Morgan fingerprint density at radius 1 is 1.40 bits per heavy atom. The van der Waals surface area contributed by atoms with Gasteiger partial charge in [0.1, 0.15) is 11.9 Å². The minimum Gasteiger partial charge on any atom is -0.479 e. The van der Waals surface area contributed by atoms with Gasteiger partial charge in [-0.3, -0.25) is 0 Å². The summed E-state index contributed by atoms with van der Waals surface area (Å²) in [5, 5.41) is 26.9. The highest BCUT2D eigenvalue weighted by Gasteiger charge is 2.26. The first-order chi connectivity index (χ1) is 6.93. The minimum absolute atomic E-state index is 0.0219. The first kappa shape index (κ1) is 11.4. The van der Waals surface area contributed by atoms with Crippen molar-refractivity contribution in [1.29, 1.82) is 0 Å². The van der Waals surface area contributed by atoms with Crippen molar-refractivity contribution in [2.45, 2.75) is 12.2 Å². The molecule has 0 fully saturated rings. The number of nitrogen functional groups attached to an aromatic ring is 1. The van der Waals surface area contributed by atoms with Gasteiger partial charge in [0, 0.05) is 11.3 Å². The van der Waals surface area contributed by atoms with Crippen molar-refractivity contribution in [3.8, 4) is 0 Å². The Balaban J connectivity index is 3.01. The van der Waals surface area contributed by atoms with Gasteiger partial charge in [0.25, 0.3) is 0 Å². The Hall–Kier alpha value is -1.66. The van der Waals surface area contributed by atoms with Gasteiger partial charge in [-0.1, -0.05) is 6.07 Å². The number of aliphatic hydroxyl groups is 2. The summed E-state index contributed by atoms with van der Waals surface area (Å²) in [7, 11) is 0. The molecule has 82 valence electrons. The molecule has 0 amide bonds. The normalized spacial score (nSPS) is 14.6. The molecule has 0 spiro atoms. The fourth-order valence-electron chi connectivity index (χ4n) is 1.12. The molecule has 0 aliphatic rings. The Morgan fingerprint density at radius 2 is 2.00 bits per heavy atom. The van der Waals surface area contributed by atoms with Crippen LogP contribution in [0.15, 0.2) is 18.2 Å². The quantitative estimate of drug-likeness (QED) is 0.526. The Labute approximate surface area is 84.6 Å². The molecule has 1 aromatic carbocycles. The van der Waals surface area contributed by atoms with Crippen LogP contribution in [0.1, 0.15) is 11.7 Å². The van der Waals surface area contributed by atoms with Crippen LogP contribution in [0.4, 0.5) is 10.1 Å². The van der Waals surface area contributed by atoms with Crippen molar-refractivity contribution in [2.75, 3.05) is 5.73 Å². The molecule has 15 heavy (non-hydrogen) atoms. The minimum atomic E-state index is -1.99. The second-order valence-electron chi connectivity index (χ2n) is 3.00. The molecule has 0 heterocycles. The van der Waals surface area contributed by atoms with Crippen molar-refractivity contribution in [1.82, 2.24) is 0 Å². The first-order valence-corrected chi connectivity index (χ1v) is 4.07. The predicted molar refractivity (Wildman–Crippen MR) is 49.4 cm³/mol. The highest BCUT2D eigenvalue weighted by atomic mass is 19.1. The van der Waals surface area contributed by atoms with Gasteiger partial charge >= 0.3 is 5.97 Å². The summed E-state index contributed by atoms with van der Waals surface area (Å²) in [5.41, 5.74) is 5.23. The molecule has 5 N–H and O–H groups in total. The number of halogens is 1. The maximum atomic E-state index is 12.6. The van der Waals surface area contributed by atoms with E-state index in [9.17, 15) is 14.3 Å². The average molecular weight is 215 g/mol. The molecule has 5 nitrogen and oxygen atoms in total. The van der Waals surface area contributed by atoms with Crippen LogP contribution in [-0.4, -0.2) is 27.4 Å². The molecule has 1 rings (SSSR count). The zero-order chi connectivity index (χ0) is 11.6. The van der Waals surface area contributed by atoms with Crippen molar-refractivity contribution < 1.29 is 24.5 Å². The number of aliphatic hydroxyl groups excluding tert-OH is 2. The number of nitrogens with two attached hydrogens (primary N) is 1. The average Bonchev–Trinajstić information content (AvgIpc) is 2.15. The summed E-state index contributed by atoms with van der Waals surface area (Å²) in [6, 6.07) is 3.08. The van der Waals surface area contributed by atoms with E-state index >= 15 is 0 Å². The van der Waals surface area contributed by atoms with Gasteiger partial charge in [0.05, 0.1) is 0 Å². The second-order valence-corrected chi connectivity index (χ2v) is 3.00. The van der Waals surface area contributed by atoms with Crippen LogP contribution in [-0.2, 0) is 4.79 Å². The summed E-state index contributed by atoms with van der Waals surface area (Å²) < 4.78 is 12.6.